The van der Waals surface area contributed by atoms with Crippen LogP contribution in [0.25, 0.3) is 0 Å². The highest BCUT2D eigenvalue weighted by Crippen LogP contribution is 2.23. The Kier molecular flexibility index (Phi) is 4.97. The summed E-state index contributed by atoms with van der Waals surface area (Å²) < 4.78 is 0. The van der Waals surface area contributed by atoms with Crippen LogP contribution in [-0.4, -0.2) is 41.9 Å². The molecule has 1 saturated heterocycles. The number of aliphatic hydroxyl groups excluding tert-OH is 1. The maximum absolute atomic E-state index is 8.90. The predicted octanol–water partition coefficient (Wildman–Crippen LogP) is 1.78. The molecule has 1 fully saturated rings. The van der Waals surface area contributed by atoms with Crippen molar-refractivity contribution in [3.05, 3.63) is 11.1 Å². The number of thiazole rings is 1. The number of aromatic nitrogens is 1. The quantitative estimate of drug-likeness (QED) is 0.855. The number of nitrogens with zero attached hydrogens (tertiary/aromatic N) is 2. The van der Waals surface area contributed by atoms with Gasteiger partial charge in [0.2, 0.25) is 0 Å². The number of nitrogens with one attached hydrogen (secondary N) is 1. The Morgan fingerprint density at radius 1 is 1.56 bits per heavy atom. The van der Waals surface area contributed by atoms with E-state index in [1.54, 1.807) is 11.3 Å². The van der Waals surface area contributed by atoms with Crippen LogP contribution in [0.3, 0.4) is 0 Å². The van der Waals surface area contributed by atoms with E-state index in [1.807, 2.05) is 6.92 Å². The molecule has 0 bridgehead atoms. The van der Waals surface area contributed by atoms with Crippen molar-refractivity contribution >= 4 is 16.5 Å². The summed E-state index contributed by atoms with van der Waals surface area (Å²) in [5.74, 6) is 0. The number of aliphatic hydroxyl groups is 1. The zero-order valence-electron chi connectivity index (χ0n) is 11.2. The van der Waals surface area contributed by atoms with Gasteiger partial charge in [0, 0.05) is 37.2 Å². The van der Waals surface area contributed by atoms with Gasteiger partial charge >= 0.3 is 0 Å². The largest absolute Gasteiger partial charge is 0.396 e. The highest BCUT2D eigenvalue weighted by molar-refractivity contribution is 7.13. The fourth-order valence-corrected chi connectivity index (χ4v) is 3.26. The second kappa shape index (κ2) is 6.50. The lowest BCUT2D eigenvalue weighted by molar-refractivity contribution is 0.257. The minimum atomic E-state index is 0.269. The molecule has 1 aliphatic rings. The molecule has 1 aromatic rings. The maximum Gasteiger partial charge on any atom is 0.185 e. The molecule has 2 N–H and O–H groups in total. The Balaban J connectivity index is 1.77. The molecule has 1 atom stereocenters. The minimum absolute atomic E-state index is 0.269. The normalized spacial score (nSPS) is 19.2. The molecule has 4 nitrogen and oxygen atoms in total. The fraction of sp³-hybridized carbons (Fsp3) is 0.769. The second-order valence-corrected chi connectivity index (χ2v) is 5.95. The molecule has 0 amide bonds. The van der Waals surface area contributed by atoms with Crippen molar-refractivity contribution in [1.29, 1.82) is 0 Å². The molecule has 0 unspecified atom stereocenters. The molecule has 0 aliphatic carbocycles. The van der Waals surface area contributed by atoms with E-state index in [1.165, 1.54) is 0 Å². The van der Waals surface area contributed by atoms with Gasteiger partial charge in [-0.15, -0.1) is 11.3 Å². The minimum Gasteiger partial charge on any atom is -0.396 e. The zero-order chi connectivity index (χ0) is 13.0. The van der Waals surface area contributed by atoms with Gasteiger partial charge in [0.05, 0.1) is 5.69 Å². The van der Waals surface area contributed by atoms with Gasteiger partial charge in [0.15, 0.2) is 5.13 Å². The monoisotopic (exact) mass is 269 g/mol. The smallest absolute Gasteiger partial charge is 0.185 e. The molecule has 102 valence electrons. The zero-order valence-corrected chi connectivity index (χ0v) is 12.0. The summed E-state index contributed by atoms with van der Waals surface area (Å²) in [5, 5.41) is 15.8. The summed E-state index contributed by atoms with van der Waals surface area (Å²) in [4.78, 5) is 6.92. The third kappa shape index (κ3) is 3.67. The van der Waals surface area contributed by atoms with Crippen molar-refractivity contribution < 1.29 is 5.11 Å². The summed E-state index contributed by atoms with van der Waals surface area (Å²) in [6.45, 7) is 6.62. The highest BCUT2D eigenvalue weighted by atomic mass is 32.1. The molecule has 1 aliphatic heterocycles. The van der Waals surface area contributed by atoms with Crippen LogP contribution in [0.1, 0.15) is 31.9 Å². The van der Waals surface area contributed by atoms with Gasteiger partial charge in [-0.1, -0.05) is 0 Å². The summed E-state index contributed by atoms with van der Waals surface area (Å²) in [6, 6.07) is 0.998. The Labute approximate surface area is 113 Å². The predicted molar refractivity (Wildman–Crippen MR) is 76.4 cm³/mol. The third-order valence-electron chi connectivity index (χ3n) is 3.45. The molecule has 18 heavy (non-hydrogen) atoms. The molecule has 1 aromatic heterocycles. The van der Waals surface area contributed by atoms with Crippen LogP contribution >= 0.6 is 11.3 Å². The number of rotatable bonds is 5. The van der Waals surface area contributed by atoms with E-state index in [4.69, 9.17) is 5.11 Å². The van der Waals surface area contributed by atoms with Crippen molar-refractivity contribution in [2.45, 2.75) is 45.2 Å². The fourth-order valence-electron chi connectivity index (χ4n) is 2.40. The van der Waals surface area contributed by atoms with Gasteiger partial charge in [-0.3, -0.25) is 0 Å². The molecule has 0 saturated carbocycles. The van der Waals surface area contributed by atoms with Crippen LogP contribution in [0, 0.1) is 6.92 Å². The van der Waals surface area contributed by atoms with Crippen molar-refractivity contribution in [2.24, 2.45) is 0 Å². The SMILES string of the molecule is Cc1csc(N2CCC(N[C@H](C)CCO)CC2)n1. The van der Waals surface area contributed by atoms with E-state index in [9.17, 15) is 0 Å². The van der Waals surface area contributed by atoms with Crippen molar-refractivity contribution in [1.82, 2.24) is 10.3 Å². The third-order valence-corrected chi connectivity index (χ3v) is 4.47. The van der Waals surface area contributed by atoms with Crippen molar-refractivity contribution in [3.8, 4) is 0 Å². The molecule has 0 radical (unpaired) electrons. The van der Waals surface area contributed by atoms with Crippen LogP contribution in [0.4, 0.5) is 5.13 Å². The molecule has 2 rings (SSSR count). The number of aryl methyl sites for hydroxylation is 1. The van der Waals surface area contributed by atoms with Crippen LogP contribution in [0.15, 0.2) is 5.38 Å². The van der Waals surface area contributed by atoms with Gasteiger partial charge in [0.1, 0.15) is 0 Å². The van der Waals surface area contributed by atoms with E-state index in [2.05, 4.69) is 27.5 Å². The standard InChI is InChI=1S/C13H23N3OS/c1-10(5-8-17)14-12-3-6-16(7-4-12)13-15-11(2)9-18-13/h9-10,12,14,17H,3-8H2,1-2H3/t10-/m1/s1. The number of hydrogen-bond donors (Lipinski definition) is 2. The molecule has 0 spiro atoms. The first-order valence-corrected chi connectivity index (χ1v) is 7.61. The van der Waals surface area contributed by atoms with E-state index in [0.717, 1.165) is 43.2 Å². The van der Waals surface area contributed by atoms with Gasteiger partial charge in [0.25, 0.3) is 0 Å². The van der Waals surface area contributed by atoms with Crippen LogP contribution in [0.5, 0.6) is 0 Å². The number of anilines is 1. The molecule has 0 aromatic carbocycles. The van der Waals surface area contributed by atoms with Crippen molar-refractivity contribution in [2.75, 3.05) is 24.6 Å². The molecular weight excluding hydrogens is 246 g/mol. The van der Waals surface area contributed by atoms with E-state index < -0.39 is 0 Å². The summed E-state index contributed by atoms with van der Waals surface area (Å²) >= 11 is 1.74. The number of hydrogen-bond acceptors (Lipinski definition) is 5. The Bertz CT molecular complexity index is 361. The first-order valence-electron chi connectivity index (χ1n) is 6.73. The lowest BCUT2D eigenvalue weighted by atomic mass is 10.0. The summed E-state index contributed by atoms with van der Waals surface area (Å²) in [7, 11) is 0. The van der Waals surface area contributed by atoms with E-state index >= 15 is 0 Å². The van der Waals surface area contributed by atoms with Gasteiger partial charge < -0.3 is 15.3 Å². The first-order chi connectivity index (χ1) is 8.69. The Morgan fingerprint density at radius 2 is 2.28 bits per heavy atom. The van der Waals surface area contributed by atoms with Crippen LogP contribution in [0.2, 0.25) is 0 Å². The van der Waals surface area contributed by atoms with Gasteiger partial charge in [-0.25, -0.2) is 4.98 Å². The van der Waals surface area contributed by atoms with Crippen LogP contribution < -0.4 is 10.2 Å². The van der Waals surface area contributed by atoms with Gasteiger partial charge in [-0.2, -0.15) is 0 Å². The topological polar surface area (TPSA) is 48.4 Å². The summed E-state index contributed by atoms with van der Waals surface area (Å²) in [6.07, 6.45) is 3.16. The van der Waals surface area contributed by atoms with Crippen LogP contribution in [-0.2, 0) is 0 Å². The number of piperidine rings is 1. The Morgan fingerprint density at radius 3 is 2.83 bits per heavy atom. The van der Waals surface area contributed by atoms with Gasteiger partial charge in [-0.05, 0) is 33.1 Å². The van der Waals surface area contributed by atoms with Crippen molar-refractivity contribution in [3.63, 3.8) is 0 Å². The molecule has 2 heterocycles. The second-order valence-electron chi connectivity index (χ2n) is 5.11. The average molecular weight is 269 g/mol. The lowest BCUT2D eigenvalue weighted by Gasteiger charge is -2.33. The molecule has 5 heteroatoms. The Hall–Kier alpha value is -0.650. The maximum atomic E-state index is 8.90. The highest BCUT2D eigenvalue weighted by Gasteiger charge is 2.21. The first kappa shape index (κ1) is 13.8. The van der Waals surface area contributed by atoms with E-state index in [0.29, 0.717) is 12.1 Å². The average Bonchev–Trinajstić information content (AvgIpc) is 2.77. The summed E-state index contributed by atoms with van der Waals surface area (Å²) in [5.41, 5.74) is 1.12. The lowest BCUT2D eigenvalue weighted by Crippen LogP contribution is -2.45. The van der Waals surface area contributed by atoms with E-state index in [-0.39, 0.29) is 6.61 Å². The molecular formula is C13H23N3OS.